The average Bonchev–Trinajstić information content (AvgIpc) is 3.10. The van der Waals surface area contributed by atoms with Crippen molar-refractivity contribution in [1.29, 1.82) is 0 Å². The van der Waals surface area contributed by atoms with Gasteiger partial charge in [-0.2, -0.15) is 0 Å². The van der Waals surface area contributed by atoms with E-state index in [1.54, 1.807) is 0 Å². The van der Waals surface area contributed by atoms with Gasteiger partial charge in [0.05, 0.1) is 18.3 Å². The lowest BCUT2D eigenvalue weighted by atomic mass is 9.61. The molecule has 0 aromatic carbocycles. The molecule has 3 saturated carbocycles. The molecule has 142 valence electrons. The predicted molar refractivity (Wildman–Crippen MR) is 98.0 cm³/mol. The topological polar surface area (TPSA) is 35.5 Å². The van der Waals surface area contributed by atoms with Gasteiger partial charge in [-0.3, -0.25) is 4.79 Å². The van der Waals surface area contributed by atoms with Crippen molar-refractivity contribution in [2.45, 2.75) is 84.8 Å². The van der Waals surface area contributed by atoms with E-state index < -0.39 is 0 Å². The predicted octanol–water partition coefficient (Wildman–Crippen LogP) is 4.83. The highest BCUT2D eigenvalue weighted by molar-refractivity contribution is 5.65. The SMILES string of the molecule is CC(=O)OC[C@H]1C[C@@H]2OC(C)(C)[C@@H]3CC[C@](C)(C[C@@H]4[C@H]1CC[C@H]4C)[C@@H]23. The molecule has 0 amide bonds. The summed E-state index contributed by atoms with van der Waals surface area (Å²) in [6, 6.07) is 0. The Morgan fingerprint density at radius 2 is 1.92 bits per heavy atom. The van der Waals surface area contributed by atoms with Gasteiger partial charge in [0.1, 0.15) is 0 Å². The van der Waals surface area contributed by atoms with Crippen molar-refractivity contribution in [2.24, 2.45) is 40.9 Å². The zero-order chi connectivity index (χ0) is 18.0. The van der Waals surface area contributed by atoms with E-state index in [4.69, 9.17) is 9.47 Å². The highest BCUT2D eigenvalue weighted by Gasteiger charge is 2.62. The van der Waals surface area contributed by atoms with Gasteiger partial charge in [0, 0.05) is 6.92 Å². The maximum Gasteiger partial charge on any atom is 0.302 e. The van der Waals surface area contributed by atoms with Crippen LogP contribution in [0.25, 0.3) is 0 Å². The molecule has 0 bridgehead atoms. The van der Waals surface area contributed by atoms with Crippen molar-refractivity contribution >= 4 is 5.97 Å². The second-order valence-electron chi connectivity index (χ2n) is 10.5. The number of carbonyl (C=O) groups is 1. The molecule has 1 heterocycles. The van der Waals surface area contributed by atoms with E-state index in [1.165, 1.54) is 39.0 Å². The van der Waals surface area contributed by atoms with Crippen LogP contribution in [0.4, 0.5) is 0 Å². The quantitative estimate of drug-likeness (QED) is 0.670. The molecule has 1 aliphatic heterocycles. The van der Waals surface area contributed by atoms with Gasteiger partial charge in [-0.25, -0.2) is 0 Å². The van der Waals surface area contributed by atoms with E-state index in [0.29, 0.717) is 41.8 Å². The molecule has 0 N–H and O–H groups in total. The van der Waals surface area contributed by atoms with Crippen LogP contribution in [0.1, 0.15) is 73.1 Å². The highest BCUT2D eigenvalue weighted by Crippen LogP contribution is 2.64. The summed E-state index contributed by atoms with van der Waals surface area (Å²) in [4.78, 5) is 11.4. The molecule has 8 atom stereocenters. The normalized spacial score (nSPS) is 50.7. The number of rotatable bonds is 2. The zero-order valence-electron chi connectivity index (χ0n) is 16.7. The van der Waals surface area contributed by atoms with Gasteiger partial charge in [0.2, 0.25) is 0 Å². The van der Waals surface area contributed by atoms with Crippen LogP contribution in [0, 0.1) is 40.9 Å². The lowest BCUT2D eigenvalue weighted by molar-refractivity contribution is -0.145. The summed E-state index contributed by atoms with van der Waals surface area (Å²) >= 11 is 0. The second kappa shape index (κ2) is 5.97. The van der Waals surface area contributed by atoms with Crippen LogP contribution in [-0.4, -0.2) is 24.3 Å². The van der Waals surface area contributed by atoms with Crippen molar-refractivity contribution in [3.8, 4) is 0 Å². The molecule has 25 heavy (non-hydrogen) atoms. The van der Waals surface area contributed by atoms with Crippen molar-refractivity contribution in [2.75, 3.05) is 6.61 Å². The van der Waals surface area contributed by atoms with E-state index >= 15 is 0 Å². The molecule has 4 rings (SSSR count). The Morgan fingerprint density at radius 1 is 1.16 bits per heavy atom. The molecule has 4 fully saturated rings. The molecular weight excluding hydrogens is 312 g/mol. The molecular formula is C22H36O3. The number of carbonyl (C=O) groups excluding carboxylic acids is 1. The maximum atomic E-state index is 11.4. The summed E-state index contributed by atoms with van der Waals surface area (Å²) in [7, 11) is 0. The summed E-state index contributed by atoms with van der Waals surface area (Å²) in [6.07, 6.45) is 8.13. The van der Waals surface area contributed by atoms with E-state index in [0.717, 1.165) is 18.3 Å². The van der Waals surface area contributed by atoms with Crippen LogP contribution in [-0.2, 0) is 14.3 Å². The first-order chi connectivity index (χ1) is 11.7. The Morgan fingerprint density at radius 3 is 2.64 bits per heavy atom. The van der Waals surface area contributed by atoms with Crippen molar-refractivity contribution in [3.63, 3.8) is 0 Å². The number of hydrogen-bond acceptors (Lipinski definition) is 3. The summed E-state index contributed by atoms with van der Waals surface area (Å²) in [5.74, 6) is 4.05. The van der Waals surface area contributed by atoms with Crippen molar-refractivity contribution in [1.82, 2.24) is 0 Å². The van der Waals surface area contributed by atoms with Gasteiger partial charge < -0.3 is 9.47 Å². The number of esters is 1. The minimum atomic E-state index is -0.138. The molecule has 0 radical (unpaired) electrons. The molecule has 1 saturated heterocycles. The lowest BCUT2D eigenvalue weighted by Gasteiger charge is -2.44. The molecule has 0 aromatic heterocycles. The molecule has 4 aliphatic rings. The van der Waals surface area contributed by atoms with Gasteiger partial charge in [-0.05, 0) is 86.9 Å². The smallest absolute Gasteiger partial charge is 0.302 e. The van der Waals surface area contributed by atoms with Crippen molar-refractivity contribution in [3.05, 3.63) is 0 Å². The molecule has 3 heteroatoms. The molecule has 0 unspecified atom stereocenters. The van der Waals surface area contributed by atoms with Gasteiger partial charge in [-0.1, -0.05) is 20.3 Å². The first-order valence-electron chi connectivity index (χ1n) is 10.5. The highest BCUT2D eigenvalue weighted by atomic mass is 16.5. The third-order valence-electron chi connectivity index (χ3n) is 8.59. The van der Waals surface area contributed by atoms with E-state index in [1.807, 2.05) is 0 Å². The van der Waals surface area contributed by atoms with E-state index in [2.05, 4.69) is 27.7 Å². The lowest BCUT2D eigenvalue weighted by Crippen LogP contribution is -2.42. The van der Waals surface area contributed by atoms with Gasteiger partial charge >= 0.3 is 5.97 Å². The van der Waals surface area contributed by atoms with E-state index in [-0.39, 0.29) is 11.6 Å². The standard InChI is InChI=1S/C22H36O3/c1-13-6-7-16-15(12-24-14(2)23)10-19-20-18(21(3,4)25-19)8-9-22(20,5)11-17(13)16/h13,15-20H,6-12H2,1-5H3/t13-,15-,16+,17+,18-,19+,20-,22-/m1/s1. The summed E-state index contributed by atoms with van der Waals surface area (Å²) in [6.45, 7) is 11.8. The third kappa shape index (κ3) is 2.85. The molecule has 3 aliphatic carbocycles. The number of ether oxygens (including phenoxy) is 2. The second-order valence-corrected chi connectivity index (χ2v) is 10.5. The molecule has 0 aromatic rings. The monoisotopic (exact) mass is 348 g/mol. The Hall–Kier alpha value is -0.570. The first-order valence-corrected chi connectivity index (χ1v) is 10.5. The number of hydrogen-bond donors (Lipinski definition) is 0. The fraction of sp³-hybridized carbons (Fsp3) is 0.955. The van der Waals surface area contributed by atoms with Crippen LogP contribution in [0.5, 0.6) is 0 Å². The van der Waals surface area contributed by atoms with Crippen LogP contribution < -0.4 is 0 Å². The summed E-state index contributed by atoms with van der Waals surface area (Å²) in [5.41, 5.74) is 0.446. The van der Waals surface area contributed by atoms with Gasteiger partial charge in [0.15, 0.2) is 0 Å². The Balaban J connectivity index is 1.66. The minimum absolute atomic E-state index is 0.00411. The van der Waals surface area contributed by atoms with Gasteiger partial charge in [-0.15, -0.1) is 0 Å². The third-order valence-corrected chi connectivity index (χ3v) is 8.59. The Labute approximate surface area is 153 Å². The molecule has 3 nitrogen and oxygen atoms in total. The molecule has 0 spiro atoms. The van der Waals surface area contributed by atoms with Crippen LogP contribution >= 0.6 is 0 Å². The average molecular weight is 349 g/mol. The largest absolute Gasteiger partial charge is 0.466 e. The van der Waals surface area contributed by atoms with Crippen LogP contribution in [0.15, 0.2) is 0 Å². The zero-order valence-corrected chi connectivity index (χ0v) is 16.7. The van der Waals surface area contributed by atoms with Gasteiger partial charge in [0.25, 0.3) is 0 Å². The Bertz CT molecular complexity index is 541. The number of fused-ring (bicyclic) bond motifs is 1. The van der Waals surface area contributed by atoms with Crippen LogP contribution in [0.2, 0.25) is 0 Å². The van der Waals surface area contributed by atoms with Crippen LogP contribution in [0.3, 0.4) is 0 Å². The Kier molecular flexibility index (Phi) is 4.26. The maximum absolute atomic E-state index is 11.4. The summed E-state index contributed by atoms with van der Waals surface area (Å²) < 4.78 is 12.2. The fourth-order valence-corrected chi connectivity index (χ4v) is 7.46. The fourth-order valence-electron chi connectivity index (χ4n) is 7.46. The first kappa shape index (κ1) is 17.8. The minimum Gasteiger partial charge on any atom is -0.466 e. The van der Waals surface area contributed by atoms with E-state index in [9.17, 15) is 4.79 Å². The summed E-state index contributed by atoms with van der Waals surface area (Å²) in [5, 5.41) is 0. The van der Waals surface area contributed by atoms with Crippen molar-refractivity contribution < 1.29 is 14.3 Å².